The Kier molecular flexibility index (Phi) is 4.82. The van der Waals surface area contributed by atoms with Gasteiger partial charge in [0.1, 0.15) is 12.4 Å². The third kappa shape index (κ3) is 3.62. The van der Waals surface area contributed by atoms with Crippen LogP contribution in [-0.4, -0.2) is 25.9 Å². The first-order valence-corrected chi connectivity index (χ1v) is 6.75. The predicted octanol–water partition coefficient (Wildman–Crippen LogP) is 1.72. The van der Waals surface area contributed by atoms with Crippen molar-refractivity contribution in [3.63, 3.8) is 0 Å². The average molecular weight is 274 g/mol. The van der Waals surface area contributed by atoms with Crippen molar-refractivity contribution in [3.05, 3.63) is 59.5 Å². The molecule has 4 N–H and O–H groups in total. The lowest BCUT2D eigenvalue weighted by Gasteiger charge is -2.34. The summed E-state index contributed by atoms with van der Waals surface area (Å²) in [5, 5.41) is 0. The van der Waals surface area contributed by atoms with Crippen molar-refractivity contribution in [2.45, 2.75) is 18.4 Å². The van der Waals surface area contributed by atoms with E-state index in [4.69, 9.17) is 20.9 Å². The minimum Gasteiger partial charge on any atom is -0.494 e. The monoisotopic (exact) mass is 274 g/mol. The average Bonchev–Trinajstić information content (AvgIpc) is 2.42. The number of rotatable bonds is 6. The molecule has 2 rings (SSSR count). The van der Waals surface area contributed by atoms with E-state index in [-0.39, 0.29) is 0 Å². The SMILES string of the molecule is COCCOC1=CC=C(N)CC1(N)Cc1ccccc1. The van der Waals surface area contributed by atoms with E-state index in [1.165, 1.54) is 5.56 Å². The van der Waals surface area contributed by atoms with Gasteiger partial charge in [0.15, 0.2) is 0 Å². The van der Waals surface area contributed by atoms with Gasteiger partial charge in [-0.05, 0) is 24.1 Å². The van der Waals surface area contributed by atoms with Crippen LogP contribution in [0.25, 0.3) is 0 Å². The fourth-order valence-corrected chi connectivity index (χ4v) is 2.40. The summed E-state index contributed by atoms with van der Waals surface area (Å²) >= 11 is 0. The highest BCUT2D eigenvalue weighted by Crippen LogP contribution is 2.29. The largest absolute Gasteiger partial charge is 0.494 e. The van der Waals surface area contributed by atoms with Gasteiger partial charge in [-0.3, -0.25) is 0 Å². The van der Waals surface area contributed by atoms with Crippen molar-refractivity contribution < 1.29 is 9.47 Å². The van der Waals surface area contributed by atoms with Crippen LogP contribution in [0.4, 0.5) is 0 Å². The van der Waals surface area contributed by atoms with E-state index >= 15 is 0 Å². The Morgan fingerprint density at radius 3 is 2.60 bits per heavy atom. The molecule has 108 valence electrons. The summed E-state index contributed by atoms with van der Waals surface area (Å²) < 4.78 is 10.8. The van der Waals surface area contributed by atoms with E-state index in [9.17, 15) is 0 Å². The zero-order valence-electron chi connectivity index (χ0n) is 11.8. The molecule has 0 aromatic heterocycles. The first-order chi connectivity index (χ1) is 9.64. The minimum absolute atomic E-state index is 0.490. The van der Waals surface area contributed by atoms with Crippen molar-refractivity contribution >= 4 is 0 Å². The molecule has 0 fully saturated rings. The van der Waals surface area contributed by atoms with Crippen molar-refractivity contribution in [1.29, 1.82) is 0 Å². The summed E-state index contributed by atoms with van der Waals surface area (Å²) in [6, 6.07) is 10.1. The van der Waals surface area contributed by atoms with Crippen LogP contribution in [0.15, 0.2) is 53.9 Å². The minimum atomic E-state index is -0.589. The van der Waals surface area contributed by atoms with E-state index in [2.05, 4.69) is 12.1 Å². The van der Waals surface area contributed by atoms with E-state index < -0.39 is 5.54 Å². The van der Waals surface area contributed by atoms with Gasteiger partial charge in [-0.15, -0.1) is 0 Å². The molecule has 0 saturated carbocycles. The van der Waals surface area contributed by atoms with Gasteiger partial charge in [-0.25, -0.2) is 0 Å². The molecule has 1 aromatic rings. The molecule has 0 bridgehead atoms. The zero-order valence-corrected chi connectivity index (χ0v) is 11.8. The highest BCUT2D eigenvalue weighted by molar-refractivity contribution is 5.33. The Morgan fingerprint density at radius 1 is 1.15 bits per heavy atom. The molecule has 0 amide bonds. The van der Waals surface area contributed by atoms with Crippen LogP contribution in [-0.2, 0) is 15.9 Å². The molecule has 20 heavy (non-hydrogen) atoms. The molecule has 0 heterocycles. The third-order valence-corrected chi connectivity index (χ3v) is 3.37. The molecule has 1 aliphatic carbocycles. The number of hydrogen-bond acceptors (Lipinski definition) is 4. The Bertz CT molecular complexity index is 496. The second-order valence-corrected chi connectivity index (χ2v) is 5.11. The molecule has 0 saturated heterocycles. The first-order valence-electron chi connectivity index (χ1n) is 6.75. The Labute approximate surface area is 120 Å². The number of ether oxygens (including phenoxy) is 2. The van der Waals surface area contributed by atoms with Crippen LogP contribution in [0.3, 0.4) is 0 Å². The smallest absolute Gasteiger partial charge is 0.117 e. The normalized spacial score (nSPS) is 22.1. The maximum atomic E-state index is 6.55. The summed E-state index contributed by atoms with van der Waals surface area (Å²) in [7, 11) is 1.65. The molecule has 1 unspecified atom stereocenters. The van der Waals surface area contributed by atoms with E-state index in [1.54, 1.807) is 7.11 Å². The lowest BCUT2D eigenvalue weighted by molar-refractivity contribution is 0.0897. The molecule has 4 nitrogen and oxygen atoms in total. The number of nitrogens with two attached hydrogens (primary N) is 2. The molecule has 0 spiro atoms. The molecule has 0 radical (unpaired) electrons. The summed E-state index contributed by atoms with van der Waals surface area (Å²) in [5.74, 6) is 0.771. The third-order valence-electron chi connectivity index (χ3n) is 3.37. The second-order valence-electron chi connectivity index (χ2n) is 5.11. The van der Waals surface area contributed by atoms with Crippen LogP contribution < -0.4 is 11.5 Å². The summed E-state index contributed by atoms with van der Waals surface area (Å²) in [6.07, 6.45) is 5.03. The van der Waals surface area contributed by atoms with Gasteiger partial charge in [0, 0.05) is 19.2 Å². The lowest BCUT2D eigenvalue weighted by Crippen LogP contribution is -2.47. The number of hydrogen-bond donors (Lipinski definition) is 2. The van der Waals surface area contributed by atoms with E-state index in [0.29, 0.717) is 26.1 Å². The summed E-state index contributed by atoms with van der Waals surface area (Å²) in [5.41, 5.74) is 13.9. The Hall–Kier alpha value is -1.78. The van der Waals surface area contributed by atoms with Crippen molar-refractivity contribution in [3.8, 4) is 0 Å². The van der Waals surface area contributed by atoms with Gasteiger partial charge >= 0.3 is 0 Å². The number of methoxy groups -OCH3 is 1. The van der Waals surface area contributed by atoms with Crippen LogP contribution >= 0.6 is 0 Å². The predicted molar refractivity (Wildman–Crippen MR) is 79.9 cm³/mol. The van der Waals surface area contributed by atoms with Gasteiger partial charge in [0.25, 0.3) is 0 Å². The molecule has 4 heteroatoms. The van der Waals surface area contributed by atoms with Crippen molar-refractivity contribution in [2.24, 2.45) is 11.5 Å². The van der Waals surface area contributed by atoms with Gasteiger partial charge < -0.3 is 20.9 Å². The van der Waals surface area contributed by atoms with Crippen LogP contribution in [0.5, 0.6) is 0 Å². The number of allylic oxidation sites excluding steroid dienone is 2. The fraction of sp³-hybridized carbons (Fsp3) is 0.375. The van der Waals surface area contributed by atoms with Crippen LogP contribution in [0.2, 0.25) is 0 Å². The summed E-state index contributed by atoms with van der Waals surface area (Å²) in [6.45, 7) is 1.03. The van der Waals surface area contributed by atoms with E-state index in [1.807, 2.05) is 30.4 Å². The molecule has 1 aromatic carbocycles. The zero-order chi connectivity index (χ0) is 14.4. The first kappa shape index (κ1) is 14.6. The molecular formula is C16H22N2O2. The quantitative estimate of drug-likeness (QED) is 0.775. The van der Waals surface area contributed by atoms with Crippen LogP contribution in [0.1, 0.15) is 12.0 Å². The van der Waals surface area contributed by atoms with E-state index in [0.717, 1.165) is 11.5 Å². The lowest BCUT2D eigenvalue weighted by atomic mass is 9.82. The topological polar surface area (TPSA) is 70.5 Å². The van der Waals surface area contributed by atoms with Crippen molar-refractivity contribution in [2.75, 3.05) is 20.3 Å². The number of benzene rings is 1. The molecule has 1 atom stereocenters. The Balaban J connectivity index is 2.13. The molecule has 1 aliphatic rings. The maximum Gasteiger partial charge on any atom is 0.117 e. The highest BCUT2D eigenvalue weighted by atomic mass is 16.5. The Morgan fingerprint density at radius 2 is 1.90 bits per heavy atom. The van der Waals surface area contributed by atoms with Gasteiger partial charge in [-0.1, -0.05) is 30.3 Å². The van der Waals surface area contributed by atoms with Gasteiger partial charge in [0.2, 0.25) is 0 Å². The molecule has 0 aliphatic heterocycles. The highest BCUT2D eigenvalue weighted by Gasteiger charge is 2.34. The standard InChI is InChI=1S/C16H22N2O2/c1-19-9-10-20-15-8-7-14(17)12-16(15,18)11-13-5-3-2-4-6-13/h2-8H,9-12,17-18H2,1H3. The van der Waals surface area contributed by atoms with Gasteiger partial charge in [0.05, 0.1) is 12.1 Å². The second kappa shape index (κ2) is 6.59. The maximum absolute atomic E-state index is 6.55. The van der Waals surface area contributed by atoms with Crippen LogP contribution in [0, 0.1) is 0 Å². The van der Waals surface area contributed by atoms with Crippen molar-refractivity contribution in [1.82, 2.24) is 0 Å². The molecular weight excluding hydrogens is 252 g/mol. The summed E-state index contributed by atoms with van der Waals surface area (Å²) in [4.78, 5) is 0. The fourth-order valence-electron chi connectivity index (χ4n) is 2.40. The van der Waals surface area contributed by atoms with Gasteiger partial charge in [-0.2, -0.15) is 0 Å².